The number of rotatable bonds is 4. The molecule has 1 aliphatic rings. The molecule has 0 bridgehead atoms. The van der Waals surface area contributed by atoms with E-state index in [4.69, 9.17) is 10.5 Å². The monoisotopic (exact) mass is 207 g/mol. The average Bonchev–Trinajstić information content (AvgIpc) is 3.03. The molecule has 0 aromatic heterocycles. The molecule has 0 saturated heterocycles. The fourth-order valence-corrected chi connectivity index (χ4v) is 2.04. The third-order valence-corrected chi connectivity index (χ3v) is 3.08. The molecule has 0 radical (unpaired) electrons. The van der Waals surface area contributed by atoms with E-state index >= 15 is 0 Å². The van der Waals surface area contributed by atoms with E-state index in [1.54, 1.807) is 19.2 Å². The predicted molar refractivity (Wildman–Crippen MR) is 59.2 cm³/mol. The van der Waals surface area contributed by atoms with Gasteiger partial charge in [0.25, 0.3) is 0 Å². The Kier molecular flexibility index (Phi) is 2.82. The second-order valence-electron chi connectivity index (χ2n) is 4.11. The highest BCUT2D eigenvalue weighted by molar-refractivity contribution is 5.43. The van der Waals surface area contributed by atoms with Gasteiger partial charge < -0.3 is 15.6 Å². The molecule has 0 spiro atoms. The third kappa shape index (κ3) is 2.07. The third-order valence-electron chi connectivity index (χ3n) is 3.08. The van der Waals surface area contributed by atoms with E-state index in [2.05, 4.69) is 0 Å². The second kappa shape index (κ2) is 4.11. The summed E-state index contributed by atoms with van der Waals surface area (Å²) in [5, 5.41) is 9.67. The first-order valence-electron chi connectivity index (χ1n) is 5.33. The minimum atomic E-state index is 0.203. The largest absolute Gasteiger partial charge is 0.504 e. The molecule has 1 fully saturated rings. The molecule has 0 amide bonds. The summed E-state index contributed by atoms with van der Waals surface area (Å²) in [6.07, 6.45) is 2.52. The SMILES string of the molecule is COc1ccc(C(CN)C2CC2)cc1O. The molecular weight excluding hydrogens is 190 g/mol. The number of hydrogen-bond acceptors (Lipinski definition) is 3. The maximum absolute atomic E-state index is 9.67. The van der Waals surface area contributed by atoms with Gasteiger partial charge in [-0.2, -0.15) is 0 Å². The highest BCUT2D eigenvalue weighted by Crippen LogP contribution is 2.43. The topological polar surface area (TPSA) is 55.5 Å². The number of benzene rings is 1. The molecule has 0 heterocycles. The van der Waals surface area contributed by atoms with Crippen molar-refractivity contribution in [3.63, 3.8) is 0 Å². The van der Waals surface area contributed by atoms with Crippen LogP contribution in [-0.2, 0) is 0 Å². The number of phenolic OH excluding ortho intramolecular Hbond substituents is 1. The van der Waals surface area contributed by atoms with E-state index in [-0.39, 0.29) is 5.75 Å². The molecule has 0 aliphatic heterocycles. The first kappa shape index (κ1) is 10.3. The molecule has 15 heavy (non-hydrogen) atoms. The normalized spacial score (nSPS) is 17.5. The number of ether oxygens (including phenoxy) is 1. The molecule has 3 nitrogen and oxygen atoms in total. The summed E-state index contributed by atoms with van der Waals surface area (Å²) in [7, 11) is 1.55. The Labute approximate surface area is 89.9 Å². The Morgan fingerprint density at radius 3 is 2.73 bits per heavy atom. The van der Waals surface area contributed by atoms with E-state index in [0.29, 0.717) is 24.1 Å². The standard InChI is InChI=1S/C12H17NO2/c1-15-12-5-4-9(6-11(12)14)10(7-13)8-2-3-8/h4-6,8,10,14H,2-3,7,13H2,1H3. The summed E-state index contributed by atoms with van der Waals surface area (Å²) >= 11 is 0. The zero-order valence-electron chi connectivity index (χ0n) is 8.94. The summed E-state index contributed by atoms with van der Waals surface area (Å²) in [6.45, 7) is 0.649. The van der Waals surface area contributed by atoms with Crippen LogP contribution in [0.3, 0.4) is 0 Å². The van der Waals surface area contributed by atoms with Gasteiger partial charge in [0, 0.05) is 0 Å². The van der Waals surface area contributed by atoms with E-state index in [9.17, 15) is 5.11 Å². The van der Waals surface area contributed by atoms with Crippen molar-refractivity contribution in [3.8, 4) is 11.5 Å². The van der Waals surface area contributed by atoms with Gasteiger partial charge in [0.1, 0.15) is 0 Å². The Bertz CT molecular complexity index is 347. The summed E-state index contributed by atoms with van der Waals surface area (Å²) in [4.78, 5) is 0. The van der Waals surface area contributed by atoms with Gasteiger partial charge in [0.05, 0.1) is 7.11 Å². The number of nitrogens with two attached hydrogens (primary N) is 1. The average molecular weight is 207 g/mol. The van der Waals surface area contributed by atoms with Crippen LogP contribution in [0.4, 0.5) is 0 Å². The maximum Gasteiger partial charge on any atom is 0.160 e. The van der Waals surface area contributed by atoms with Crippen molar-refractivity contribution in [3.05, 3.63) is 23.8 Å². The van der Waals surface area contributed by atoms with Gasteiger partial charge in [-0.1, -0.05) is 6.07 Å². The lowest BCUT2D eigenvalue weighted by Crippen LogP contribution is -2.14. The van der Waals surface area contributed by atoms with Crippen LogP contribution in [0.15, 0.2) is 18.2 Å². The van der Waals surface area contributed by atoms with E-state index in [1.165, 1.54) is 12.8 Å². The molecule has 2 rings (SSSR count). The predicted octanol–water partition coefficient (Wildman–Crippen LogP) is 1.85. The van der Waals surface area contributed by atoms with Gasteiger partial charge in [-0.3, -0.25) is 0 Å². The van der Waals surface area contributed by atoms with Crippen molar-refractivity contribution >= 4 is 0 Å². The zero-order valence-corrected chi connectivity index (χ0v) is 8.94. The second-order valence-corrected chi connectivity index (χ2v) is 4.11. The van der Waals surface area contributed by atoms with Crippen molar-refractivity contribution in [2.24, 2.45) is 11.7 Å². The summed E-state index contributed by atoms with van der Waals surface area (Å²) in [6, 6.07) is 5.57. The summed E-state index contributed by atoms with van der Waals surface area (Å²) in [5.41, 5.74) is 6.88. The first-order chi connectivity index (χ1) is 7.26. The lowest BCUT2D eigenvalue weighted by molar-refractivity contribution is 0.372. The zero-order chi connectivity index (χ0) is 10.8. The van der Waals surface area contributed by atoms with Crippen molar-refractivity contribution < 1.29 is 9.84 Å². The van der Waals surface area contributed by atoms with Crippen LogP contribution < -0.4 is 10.5 Å². The highest BCUT2D eigenvalue weighted by atomic mass is 16.5. The van der Waals surface area contributed by atoms with Gasteiger partial charge >= 0.3 is 0 Å². The van der Waals surface area contributed by atoms with Gasteiger partial charge in [-0.15, -0.1) is 0 Å². The highest BCUT2D eigenvalue weighted by Gasteiger charge is 2.31. The molecule has 1 aromatic rings. The van der Waals surface area contributed by atoms with Crippen molar-refractivity contribution in [1.82, 2.24) is 0 Å². The van der Waals surface area contributed by atoms with Crippen molar-refractivity contribution in [1.29, 1.82) is 0 Å². The quantitative estimate of drug-likeness (QED) is 0.792. The molecule has 1 aromatic carbocycles. The lowest BCUT2D eigenvalue weighted by Gasteiger charge is -2.15. The smallest absolute Gasteiger partial charge is 0.160 e. The summed E-state index contributed by atoms with van der Waals surface area (Å²) in [5.74, 6) is 1.82. The molecule has 1 atom stereocenters. The van der Waals surface area contributed by atoms with Gasteiger partial charge in [0.2, 0.25) is 0 Å². The van der Waals surface area contributed by atoms with Crippen LogP contribution in [0, 0.1) is 5.92 Å². The van der Waals surface area contributed by atoms with E-state index < -0.39 is 0 Å². The number of phenols is 1. The number of aromatic hydroxyl groups is 1. The van der Waals surface area contributed by atoms with Gasteiger partial charge in [-0.25, -0.2) is 0 Å². The maximum atomic E-state index is 9.67. The minimum absolute atomic E-state index is 0.203. The lowest BCUT2D eigenvalue weighted by atomic mass is 9.94. The van der Waals surface area contributed by atoms with Crippen LogP contribution in [-0.4, -0.2) is 18.8 Å². The molecular formula is C12H17NO2. The van der Waals surface area contributed by atoms with Gasteiger partial charge in [0.15, 0.2) is 11.5 Å². The first-order valence-corrected chi connectivity index (χ1v) is 5.33. The fourth-order valence-electron chi connectivity index (χ4n) is 2.04. The fraction of sp³-hybridized carbons (Fsp3) is 0.500. The van der Waals surface area contributed by atoms with Crippen LogP contribution >= 0.6 is 0 Å². The van der Waals surface area contributed by atoms with Crippen LogP contribution in [0.1, 0.15) is 24.3 Å². The summed E-state index contributed by atoms with van der Waals surface area (Å²) < 4.78 is 5.01. The molecule has 1 saturated carbocycles. The van der Waals surface area contributed by atoms with Gasteiger partial charge in [-0.05, 0) is 48.9 Å². The van der Waals surface area contributed by atoms with E-state index in [1.807, 2.05) is 6.07 Å². The molecule has 3 N–H and O–H groups in total. The van der Waals surface area contributed by atoms with Crippen LogP contribution in [0.25, 0.3) is 0 Å². The Hall–Kier alpha value is -1.22. The van der Waals surface area contributed by atoms with Crippen molar-refractivity contribution in [2.75, 3.05) is 13.7 Å². The van der Waals surface area contributed by atoms with E-state index in [0.717, 1.165) is 5.56 Å². The van der Waals surface area contributed by atoms with Crippen LogP contribution in [0.2, 0.25) is 0 Å². The Morgan fingerprint density at radius 1 is 1.53 bits per heavy atom. The molecule has 82 valence electrons. The minimum Gasteiger partial charge on any atom is -0.504 e. The Morgan fingerprint density at radius 2 is 2.27 bits per heavy atom. The molecule has 1 unspecified atom stereocenters. The molecule has 3 heteroatoms. The van der Waals surface area contributed by atoms with Crippen molar-refractivity contribution in [2.45, 2.75) is 18.8 Å². The van der Waals surface area contributed by atoms with Crippen LogP contribution in [0.5, 0.6) is 11.5 Å². The number of hydrogen-bond donors (Lipinski definition) is 2. The Balaban J connectivity index is 2.23. The number of methoxy groups -OCH3 is 1. The molecule has 1 aliphatic carbocycles.